The van der Waals surface area contributed by atoms with E-state index in [0.717, 1.165) is 32.1 Å². The van der Waals surface area contributed by atoms with Crippen molar-refractivity contribution in [2.45, 2.75) is 51.2 Å². The van der Waals surface area contributed by atoms with Crippen molar-refractivity contribution >= 4 is 5.97 Å². The van der Waals surface area contributed by atoms with Gasteiger partial charge in [0.25, 0.3) is 0 Å². The van der Waals surface area contributed by atoms with Gasteiger partial charge in [0.2, 0.25) is 0 Å². The van der Waals surface area contributed by atoms with Crippen LogP contribution in [0.15, 0.2) is 42.0 Å². The molecular formula is C18H22O3. The number of fused-ring (bicyclic) bond motifs is 1. The van der Waals surface area contributed by atoms with Gasteiger partial charge >= 0.3 is 5.97 Å². The molecule has 0 aromatic heterocycles. The molecule has 1 aromatic carbocycles. The molecule has 3 nitrogen and oxygen atoms in total. The summed E-state index contributed by atoms with van der Waals surface area (Å²) in [7, 11) is 0. The third-order valence-electron chi connectivity index (χ3n) is 4.97. The molecule has 0 unspecified atom stereocenters. The number of benzene rings is 1. The zero-order valence-electron chi connectivity index (χ0n) is 12.4. The van der Waals surface area contributed by atoms with Gasteiger partial charge in [-0.2, -0.15) is 0 Å². The minimum absolute atomic E-state index is 0.0855. The molecule has 112 valence electrons. The molecular weight excluding hydrogens is 264 g/mol. The maximum atomic E-state index is 12.3. The van der Waals surface area contributed by atoms with E-state index in [9.17, 15) is 9.90 Å². The van der Waals surface area contributed by atoms with Crippen molar-refractivity contribution in [1.29, 1.82) is 0 Å². The molecule has 3 heteroatoms. The molecule has 1 N–H and O–H groups in total. The molecule has 1 aromatic rings. The summed E-state index contributed by atoms with van der Waals surface area (Å²) in [5, 5.41) is 9.82. The van der Waals surface area contributed by atoms with Gasteiger partial charge in [-0.1, -0.05) is 36.8 Å². The lowest BCUT2D eigenvalue weighted by Gasteiger charge is -2.45. The van der Waals surface area contributed by atoms with Crippen molar-refractivity contribution in [3.8, 4) is 0 Å². The molecule has 0 saturated heterocycles. The van der Waals surface area contributed by atoms with E-state index < -0.39 is 0 Å². The van der Waals surface area contributed by atoms with Crippen LogP contribution in [0.3, 0.4) is 0 Å². The van der Waals surface area contributed by atoms with E-state index in [0.29, 0.717) is 5.56 Å². The number of rotatable bonds is 2. The maximum absolute atomic E-state index is 12.3. The molecule has 0 radical (unpaired) electrons. The molecule has 21 heavy (non-hydrogen) atoms. The van der Waals surface area contributed by atoms with Gasteiger partial charge in [0.05, 0.1) is 11.7 Å². The summed E-state index contributed by atoms with van der Waals surface area (Å²) in [4.78, 5) is 12.3. The number of esters is 1. The first-order chi connectivity index (χ1) is 10.1. The highest BCUT2D eigenvalue weighted by atomic mass is 16.5. The fourth-order valence-corrected chi connectivity index (χ4v) is 3.61. The predicted octanol–water partition coefficient (Wildman–Crippen LogP) is 3.48. The Labute approximate surface area is 125 Å². The van der Waals surface area contributed by atoms with Crippen LogP contribution in [0.5, 0.6) is 0 Å². The van der Waals surface area contributed by atoms with E-state index in [1.165, 1.54) is 5.57 Å². The van der Waals surface area contributed by atoms with Crippen LogP contribution in [-0.2, 0) is 4.74 Å². The first-order valence-electron chi connectivity index (χ1n) is 7.75. The molecule has 3 rings (SSSR count). The standard InChI is InChI=1S/C18H22O3/c1-18-11-10-15(19)12-14(18)8-5-9-16(18)21-17(20)13-6-3-2-4-7-13/h2-4,6-7,12,15-16,19H,5,8-11H2,1H3/t15-,16-,18-/m1/s1. The number of carbonyl (C=O) groups excluding carboxylic acids is 1. The highest BCUT2D eigenvalue weighted by Gasteiger charge is 2.44. The Balaban J connectivity index is 1.79. The molecule has 0 bridgehead atoms. The van der Waals surface area contributed by atoms with Crippen LogP contribution < -0.4 is 0 Å². The molecule has 0 spiro atoms. The van der Waals surface area contributed by atoms with Crippen molar-refractivity contribution in [3.63, 3.8) is 0 Å². The lowest BCUT2D eigenvalue weighted by molar-refractivity contribution is -0.0238. The van der Waals surface area contributed by atoms with Crippen LogP contribution in [0.2, 0.25) is 0 Å². The highest BCUT2D eigenvalue weighted by Crippen LogP contribution is 2.48. The largest absolute Gasteiger partial charge is 0.458 e. The molecule has 3 atom stereocenters. The Hall–Kier alpha value is -1.61. The summed E-state index contributed by atoms with van der Waals surface area (Å²) >= 11 is 0. The van der Waals surface area contributed by atoms with Crippen LogP contribution in [-0.4, -0.2) is 23.3 Å². The van der Waals surface area contributed by atoms with Crippen molar-refractivity contribution < 1.29 is 14.6 Å². The Kier molecular flexibility index (Phi) is 3.85. The minimum atomic E-state index is -0.336. The third-order valence-corrected chi connectivity index (χ3v) is 4.97. The summed E-state index contributed by atoms with van der Waals surface area (Å²) in [6, 6.07) is 9.16. The summed E-state index contributed by atoms with van der Waals surface area (Å²) in [5.74, 6) is -0.241. The second kappa shape index (κ2) is 5.64. The van der Waals surface area contributed by atoms with Crippen LogP contribution in [0, 0.1) is 5.41 Å². The van der Waals surface area contributed by atoms with Crippen LogP contribution >= 0.6 is 0 Å². The Morgan fingerprint density at radius 1 is 1.29 bits per heavy atom. The van der Waals surface area contributed by atoms with Gasteiger partial charge in [-0.05, 0) is 44.2 Å². The van der Waals surface area contributed by atoms with Gasteiger partial charge in [-0.25, -0.2) is 4.79 Å². The summed E-state index contributed by atoms with van der Waals surface area (Å²) in [6.07, 6.45) is 6.11. The average molecular weight is 286 g/mol. The topological polar surface area (TPSA) is 46.5 Å². The van der Waals surface area contributed by atoms with E-state index in [1.807, 2.05) is 24.3 Å². The van der Waals surface area contributed by atoms with Crippen molar-refractivity contribution in [1.82, 2.24) is 0 Å². The summed E-state index contributed by atoms with van der Waals surface area (Å²) in [6.45, 7) is 2.17. The van der Waals surface area contributed by atoms with Gasteiger partial charge in [0.1, 0.15) is 6.10 Å². The van der Waals surface area contributed by atoms with Gasteiger partial charge in [0, 0.05) is 5.41 Å². The monoisotopic (exact) mass is 286 g/mol. The van der Waals surface area contributed by atoms with Crippen molar-refractivity contribution in [3.05, 3.63) is 47.5 Å². The SMILES string of the molecule is C[C@@]12CC[C@@H](O)C=C1CCC[C@H]2OC(=O)c1ccccc1. The molecule has 0 amide bonds. The molecule has 2 aliphatic rings. The Morgan fingerprint density at radius 3 is 2.81 bits per heavy atom. The number of aliphatic hydroxyl groups is 1. The Morgan fingerprint density at radius 2 is 2.05 bits per heavy atom. The van der Waals surface area contributed by atoms with E-state index in [4.69, 9.17) is 4.74 Å². The van der Waals surface area contributed by atoms with E-state index >= 15 is 0 Å². The van der Waals surface area contributed by atoms with Crippen molar-refractivity contribution in [2.24, 2.45) is 5.41 Å². The third kappa shape index (κ3) is 2.75. The molecule has 1 fully saturated rings. The average Bonchev–Trinajstić information content (AvgIpc) is 2.50. The van der Waals surface area contributed by atoms with Gasteiger partial charge < -0.3 is 9.84 Å². The first kappa shape index (κ1) is 14.3. The zero-order chi connectivity index (χ0) is 14.9. The summed E-state index contributed by atoms with van der Waals surface area (Å²) in [5.41, 5.74) is 1.76. The minimum Gasteiger partial charge on any atom is -0.458 e. The molecule has 2 aliphatic carbocycles. The lowest BCUT2D eigenvalue weighted by atomic mass is 9.64. The fraction of sp³-hybridized carbons (Fsp3) is 0.500. The zero-order valence-corrected chi connectivity index (χ0v) is 12.4. The van der Waals surface area contributed by atoms with Crippen LogP contribution in [0.25, 0.3) is 0 Å². The van der Waals surface area contributed by atoms with Gasteiger partial charge in [0.15, 0.2) is 0 Å². The van der Waals surface area contributed by atoms with E-state index in [1.54, 1.807) is 12.1 Å². The number of ether oxygens (including phenoxy) is 1. The lowest BCUT2D eigenvalue weighted by Crippen LogP contribution is -2.43. The number of aliphatic hydroxyl groups excluding tert-OH is 1. The second-order valence-electron chi connectivity index (χ2n) is 6.37. The quantitative estimate of drug-likeness (QED) is 0.669. The van der Waals surface area contributed by atoms with Gasteiger partial charge in [-0.3, -0.25) is 0 Å². The molecule has 0 aliphatic heterocycles. The first-order valence-corrected chi connectivity index (χ1v) is 7.75. The molecule has 1 saturated carbocycles. The Bertz CT molecular complexity index is 549. The van der Waals surface area contributed by atoms with E-state index in [-0.39, 0.29) is 23.6 Å². The maximum Gasteiger partial charge on any atom is 0.338 e. The number of carbonyl (C=O) groups is 1. The predicted molar refractivity (Wildman–Crippen MR) is 80.9 cm³/mol. The van der Waals surface area contributed by atoms with Crippen molar-refractivity contribution in [2.75, 3.05) is 0 Å². The number of hydrogen-bond donors (Lipinski definition) is 1. The summed E-state index contributed by atoms with van der Waals surface area (Å²) < 4.78 is 5.82. The smallest absolute Gasteiger partial charge is 0.338 e. The molecule has 0 heterocycles. The van der Waals surface area contributed by atoms with E-state index in [2.05, 4.69) is 6.92 Å². The van der Waals surface area contributed by atoms with Crippen LogP contribution in [0.4, 0.5) is 0 Å². The number of hydrogen-bond acceptors (Lipinski definition) is 3. The highest BCUT2D eigenvalue weighted by molar-refractivity contribution is 5.89. The second-order valence-corrected chi connectivity index (χ2v) is 6.37. The van der Waals surface area contributed by atoms with Crippen LogP contribution in [0.1, 0.15) is 49.4 Å². The van der Waals surface area contributed by atoms with Gasteiger partial charge in [-0.15, -0.1) is 0 Å². The fourth-order valence-electron chi connectivity index (χ4n) is 3.61. The normalized spacial score (nSPS) is 32.0.